The number of pyridine rings is 1. The van der Waals surface area contributed by atoms with Crippen molar-refractivity contribution in [3.63, 3.8) is 0 Å². The van der Waals surface area contributed by atoms with Crippen LogP contribution in [0.1, 0.15) is 11.3 Å². The number of aromatic nitrogens is 3. The van der Waals surface area contributed by atoms with Gasteiger partial charge in [0, 0.05) is 49.6 Å². The van der Waals surface area contributed by atoms with Gasteiger partial charge in [0.25, 0.3) is 0 Å². The fourth-order valence-corrected chi connectivity index (χ4v) is 4.21. The summed E-state index contributed by atoms with van der Waals surface area (Å²) in [6.07, 6.45) is 2.22. The van der Waals surface area contributed by atoms with Gasteiger partial charge in [-0.15, -0.1) is 5.10 Å². The van der Waals surface area contributed by atoms with Gasteiger partial charge in [0.05, 0.1) is 10.7 Å². The van der Waals surface area contributed by atoms with Crippen molar-refractivity contribution in [1.29, 1.82) is 0 Å². The summed E-state index contributed by atoms with van der Waals surface area (Å²) in [7, 11) is 0. The summed E-state index contributed by atoms with van der Waals surface area (Å²) in [4.78, 5) is 8.33. The number of halogens is 2. The van der Waals surface area contributed by atoms with E-state index in [0.29, 0.717) is 37.0 Å². The summed E-state index contributed by atoms with van der Waals surface area (Å²) < 4.78 is 14.3. The minimum atomic E-state index is -0.392. The van der Waals surface area contributed by atoms with Gasteiger partial charge in [-0.25, -0.2) is 9.37 Å². The molecule has 0 radical (unpaired) electrons. The van der Waals surface area contributed by atoms with Crippen LogP contribution in [0.3, 0.4) is 0 Å². The standard InChI is InChI=1S/C24H21ClFN5/c25-18-15-21(26)24(27-16-18)31-12-10-30(11-13-31)23-20-9-5-4-8-19(20)22(28-29-23)14-17-6-2-1-3-7-17/h1-9,15-16H,10-14H2. The molecule has 0 saturated carbocycles. The van der Waals surface area contributed by atoms with E-state index < -0.39 is 5.82 Å². The van der Waals surface area contributed by atoms with Crippen LogP contribution in [0.4, 0.5) is 16.0 Å². The predicted octanol–water partition coefficient (Wildman–Crippen LogP) is 4.73. The van der Waals surface area contributed by atoms with Crippen LogP contribution >= 0.6 is 11.6 Å². The van der Waals surface area contributed by atoms with Gasteiger partial charge in [-0.3, -0.25) is 0 Å². The quantitative estimate of drug-likeness (QED) is 0.465. The Bertz CT molecular complexity index is 1210. The molecule has 7 heteroatoms. The molecule has 31 heavy (non-hydrogen) atoms. The third-order valence-electron chi connectivity index (χ3n) is 5.63. The Balaban J connectivity index is 1.39. The molecule has 1 aliphatic heterocycles. The van der Waals surface area contributed by atoms with Gasteiger partial charge in [0.15, 0.2) is 17.5 Å². The molecular weight excluding hydrogens is 413 g/mol. The van der Waals surface area contributed by atoms with Gasteiger partial charge in [0.1, 0.15) is 0 Å². The molecule has 1 aliphatic rings. The molecule has 5 rings (SSSR count). The van der Waals surface area contributed by atoms with Gasteiger partial charge >= 0.3 is 0 Å². The zero-order chi connectivity index (χ0) is 21.2. The fraction of sp³-hybridized carbons (Fsp3) is 0.208. The highest BCUT2D eigenvalue weighted by Gasteiger charge is 2.23. The molecule has 5 nitrogen and oxygen atoms in total. The fourth-order valence-electron chi connectivity index (χ4n) is 4.07. The van der Waals surface area contributed by atoms with Gasteiger partial charge in [-0.2, -0.15) is 5.10 Å². The van der Waals surface area contributed by atoms with Crippen LogP contribution < -0.4 is 9.80 Å². The molecule has 0 amide bonds. The van der Waals surface area contributed by atoms with Crippen LogP contribution in [0, 0.1) is 5.82 Å². The maximum atomic E-state index is 14.3. The summed E-state index contributed by atoms with van der Waals surface area (Å²) in [5.74, 6) is 0.825. The van der Waals surface area contributed by atoms with Gasteiger partial charge in [0.2, 0.25) is 0 Å². The average Bonchev–Trinajstić information content (AvgIpc) is 2.80. The zero-order valence-corrected chi connectivity index (χ0v) is 17.6. The van der Waals surface area contributed by atoms with Crippen LogP contribution in [-0.4, -0.2) is 41.4 Å². The van der Waals surface area contributed by atoms with E-state index in [1.807, 2.05) is 35.2 Å². The van der Waals surface area contributed by atoms with Crippen molar-refractivity contribution in [3.8, 4) is 0 Å². The van der Waals surface area contributed by atoms with E-state index in [4.69, 9.17) is 11.6 Å². The first-order chi connectivity index (χ1) is 15.2. The Morgan fingerprint density at radius 3 is 2.16 bits per heavy atom. The lowest BCUT2D eigenvalue weighted by atomic mass is 10.0. The summed E-state index contributed by atoms with van der Waals surface area (Å²) >= 11 is 5.83. The van der Waals surface area contributed by atoms with E-state index in [2.05, 4.69) is 44.3 Å². The highest BCUT2D eigenvalue weighted by molar-refractivity contribution is 6.30. The second-order valence-corrected chi connectivity index (χ2v) is 8.05. The molecule has 0 unspecified atom stereocenters. The maximum absolute atomic E-state index is 14.3. The van der Waals surface area contributed by atoms with E-state index in [1.165, 1.54) is 17.8 Å². The predicted molar refractivity (Wildman–Crippen MR) is 122 cm³/mol. The monoisotopic (exact) mass is 433 g/mol. The van der Waals surface area contributed by atoms with Crippen molar-refractivity contribution in [2.45, 2.75) is 6.42 Å². The number of anilines is 2. The van der Waals surface area contributed by atoms with Crippen molar-refractivity contribution >= 4 is 34.0 Å². The van der Waals surface area contributed by atoms with E-state index in [9.17, 15) is 4.39 Å². The topological polar surface area (TPSA) is 45.2 Å². The molecule has 0 atom stereocenters. The Hall–Kier alpha value is -3.25. The normalized spacial score (nSPS) is 14.3. The van der Waals surface area contributed by atoms with Gasteiger partial charge in [-0.05, 0) is 11.6 Å². The Labute approximate surface area is 185 Å². The zero-order valence-electron chi connectivity index (χ0n) is 16.9. The van der Waals surface area contributed by atoms with Crippen LogP contribution in [0.15, 0.2) is 66.9 Å². The molecule has 0 N–H and O–H groups in total. The number of benzene rings is 2. The summed E-state index contributed by atoms with van der Waals surface area (Å²) in [6.45, 7) is 2.71. The van der Waals surface area contributed by atoms with Crippen molar-refractivity contribution in [3.05, 3.63) is 89.0 Å². The van der Waals surface area contributed by atoms with Crippen molar-refractivity contribution in [2.75, 3.05) is 36.0 Å². The van der Waals surface area contributed by atoms with E-state index >= 15 is 0 Å². The minimum Gasteiger partial charge on any atom is -0.351 e. The first-order valence-electron chi connectivity index (χ1n) is 10.3. The van der Waals surface area contributed by atoms with Crippen molar-refractivity contribution in [2.24, 2.45) is 0 Å². The number of rotatable bonds is 4. The average molecular weight is 434 g/mol. The van der Waals surface area contributed by atoms with E-state index in [0.717, 1.165) is 28.7 Å². The van der Waals surface area contributed by atoms with Crippen LogP contribution in [0.2, 0.25) is 5.02 Å². The number of piperazine rings is 1. The second-order valence-electron chi connectivity index (χ2n) is 7.61. The molecule has 0 aliphatic carbocycles. The highest BCUT2D eigenvalue weighted by atomic mass is 35.5. The van der Waals surface area contributed by atoms with E-state index in [-0.39, 0.29) is 0 Å². The molecule has 2 aromatic carbocycles. The summed E-state index contributed by atoms with van der Waals surface area (Å²) in [6, 6.07) is 19.9. The minimum absolute atomic E-state index is 0.303. The van der Waals surface area contributed by atoms with Crippen LogP contribution in [-0.2, 0) is 6.42 Å². The van der Waals surface area contributed by atoms with Crippen LogP contribution in [0.25, 0.3) is 10.8 Å². The maximum Gasteiger partial charge on any atom is 0.167 e. The van der Waals surface area contributed by atoms with Gasteiger partial charge in [-0.1, -0.05) is 66.2 Å². The molecule has 156 valence electrons. The Morgan fingerprint density at radius 2 is 1.45 bits per heavy atom. The number of nitrogens with zero attached hydrogens (tertiary/aromatic N) is 5. The summed E-state index contributed by atoms with van der Waals surface area (Å²) in [5.41, 5.74) is 2.18. The molecule has 3 heterocycles. The highest BCUT2D eigenvalue weighted by Crippen LogP contribution is 2.29. The lowest BCUT2D eigenvalue weighted by Gasteiger charge is -2.36. The first kappa shape index (κ1) is 19.7. The summed E-state index contributed by atoms with van der Waals surface area (Å²) in [5, 5.41) is 11.7. The van der Waals surface area contributed by atoms with Crippen LogP contribution in [0.5, 0.6) is 0 Å². The molecular formula is C24H21ClFN5. The Kier molecular flexibility index (Phi) is 5.38. The molecule has 1 fully saturated rings. The molecule has 2 aromatic heterocycles. The molecule has 0 bridgehead atoms. The molecule has 0 spiro atoms. The van der Waals surface area contributed by atoms with Crippen molar-refractivity contribution < 1.29 is 4.39 Å². The smallest absolute Gasteiger partial charge is 0.167 e. The molecule has 4 aromatic rings. The Morgan fingerprint density at radius 1 is 0.806 bits per heavy atom. The third-order valence-corrected chi connectivity index (χ3v) is 5.83. The first-order valence-corrected chi connectivity index (χ1v) is 10.7. The largest absolute Gasteiger partial charge is 0.351 e. The number of fused-ring (bicyclic) bond motifs is 1. The lowest BCUT2D eigenvalue weighted by Crippen LogP contribution is -2.47. The van der Waals surface area contributed by atoms with Gasteiger partial charge < -0.3 is 9.80 Å². The number of hydrogen-bond acceptors (Lipinski definition) is 5. The third kappa shape index (κ3) is 4.03. The van der Waals surface area contributed by atoms with E-state index in [1.54, 1.807) is 0 Å². The number of hydrogen-bond donors (Lipinski definition) is 0. The second kappa shape index (κ2) is 8.47. The molecule has 1 saturated heterocycles. The van der Waals surface area contributed by atoms with Crippen molar-refractivity contribution in [1.82, 2.24) is 15.2 Å². The SMILES string of the molecule is Fc1cc(Cl)cnc1N1CCN(c2nnc(Cc3ccccc3)c3ccccc23)CC1. The lowest BCUT2D eigenvalue weighted by molar-refractivity contribution is 0.586.